The molecule has 1 aliphatic heterocycles. The Hall–Kier alpha value is -2.63. The molecule has 0 atom stereocenters. The second-order valence-electron chi connectivity index (χ2n) is 6.93. The number of rotatable bonds is 4. The average molecular weight is 338 g/mol. The Labute approximate surface area is 146 Å². The maximum absolute atomic E-state index is 12.7. The van der Waals surface area contributed by atoms with Gasteiger partial charge in [-0.2, -0.15) is 5.10 Å². The number of benzene rings is 1. The van der Waals surface area contributed by atoms with Crippen LogP contribution in [0.15, 0.2) is 30.3 Å². The molecule has 1 aromatic carbocycles. The highest BCUT2D eigenvalue weighted by atomic mass is 16.2. The molecule has 2 heterocycles. The summed E-state index contributed by atoms with van der Waals surface area (Å²) in [6.45, 7) is 3.57. The summed E-state index contributed by atoms with van der Waals surface area (Å²) in [7, 11) is 0. The van der Waals surface area contributed by atoms with E-state index in [1.807, 2.05) is 29.2 Å². The summed E-state index contributed by atoms with van der Waals surface area (Å²) in [5.74, 6) is 0.637. The van der Waals surface area contributed by atoms with Crippen molar-refractivity contribution in [2.75, 3.05) is 11.9 Å². The monoisotopic (exact) mass is 338 g/mol. The lowest BCUT2D eigenvalue weighted by atomic mass is 10.1. The fraction of sp³-hybridized carbons (Fsp3) is 0.421. The van der Waals surface area contributed by atoms with Crippen LogP contribution >= 0.6 is 0 Å². The topological polar surface area (TPSA) is 67.2 Å². The third-order valence-electron chi connectivity index (χ3n) is 4.77. The van der Waals surface area contributed by atoms with Gasteiger partial charge in [0.25, 0.3) is 0 Å². The Kier molecular flexibility index (Phi) is 4.03. The number of hydrogen-bond donors (Lipinski definition) is 1. The van der Waals surface area contributed by atoms with Crippen LogP contribution in [0, 0.1) is 0 Å². The SMILES string of the molecule is CC(=O)Nc1cccc(CC(=O)N2CCn3nc(C4CC4)cc3C2)c1. The zero-order valence-electron chi connectivity index (χ0n) is 14.4. The van der Waals surface area contributed by atoms with Crippen LogP contribution in [0.25, 0.3) is 0 Å². The molecule has 1 aliphatic carbocycles. The minimum atomic E-state index is -0.112. The summed E-state index contributed by atoms with van der Waals surface area (Å²) >= 11 is 0. The van der Waals surface area contributed by atoms with Gasteiger partial charge in [-0.3, -0.25) is 14.3 Å². The molecule has 4 rings (SSSR count). The van der Waals surface area contributed by atoms with Gasteiger partial charge in [-0.1, -0.05) is 12.1 Å². The third-order valence-corrected chi connectivity index (χ3v) is 4.77. The second-order valence-corrected chi connectivity index (χ2v) is 6.93. The van der Waals surface area contributed by atoms with Crippen LogP contribution in [0.1, 0.15) is 42.6 Å². The fourth-order valence-corrected chi connectivity index (χ4v) is 3.33. The predicted octanol–water partition coefficient (Wildman–Crippen LogP) is 2.30. The van der Waals surface area contributed by atoms with Crippen LogP contribution in [0.4, 0.5) is 5.69 Å². The van der Waals surface area contributed by atoms with E-state index in [1.54, 1.807) is 0 Å². The quantitative estimate of drug-likeness (QED) is 0.930. The minimum Gasteiger partial charge on any atom is -0.335 e. The van der Waals surface area contributed by atoms with E-state index in [0.29, 0.717) is 25.4 Å². The molecule has 0 unspecified atom stereocenters. The van der Waals surface area contributed by atoms with Crippen molar-refractivity contribution in [2.45, 2.75) is 45.2 Å². The lowest BCUT2D eigenvalue weighted by Crippen LogP contribution is -2.39. The number of carbonyl (C=O) groups is 2. The molecule has 1 N–H and O–H groups in total. The number of fused-ring (bicyclic) bond motifs is 1. The van der Waals surface area contributed by atoms with E-state index in [-0.39, 0.29) is 11.8 Å². The first-order chi connectivity index (χ1) is 12.1. The Bertz CT molecular complexity index is 823. The number of nitrogens with zero attached hydrogens (tertiary/aromatic N) is 3. The number of nitrogens with one attached hydrogen (secondary N) is 1. The van der Waals surface area contributed by atoms with Crippen molar-refractivity contribution in [1.29, 1.82) is 0 Å². The molecule has 0 saturated heterocycles. The number of anilines is 1. The predicted molar refractivity (Wildman–Crippen MR) is 94.1 cm³/mol. The number of hydrogen-bond acceptors (Lipinski definition) is 3. The molecule has 0 bridgehead atoms. The largest absolute Gasteiger partial charge is 0.335 e. The van der Waals surface area contributed by atoms with Gasteiger partial charge in [-0.25, -0.2) is 0 Å². The summed E-state index contributed by atoms with van der Waals surface area (Å²) in [5.41, 5.74) is 3.96. The summed E-state index contributed by atoms with van der Waals surface area (Å²) in [5, 5.41) is 7.42. The molecule has 2 amide bonds. The molecule has 1 aromatic heterocycles. The normalized spacial score (nSPS) is 16.4. The van der Waals surface area contributed by atoms with Gasteiger partial charge in [0.2, 0.25) is 11.8 Å². The summed E-state index contributed by atoms with van der Waals surface area (Å²) in [6, 6.07) is 9.63. The van der Waals surface area contributed by atoms with Crippen LogP contribution in [-0.2, 0) is 29.1 Å². The van der Waals surface area contributed by atoms with Gasteiger partial charge < -0.3 is 10.2 Å². The number of carbonyl (C=O) groups excluding carboxylic acids is 2. The molecule has 6 heteroatoms. The smallest absolute Gasteiger partial charge is 0.227 e. The van der Waals surface area contributed by atoms with Crippen molar-refractivity contribution in [3.8, 4) is 0 Å². The van der Waals surface area contributed by atoms with E-state index in [1.165, 1.54) is 25.5 Å². The highest BCUT2D eigenvalue weighted by molar-refractivity contribution is 5.89. The molecule has 2 aromatic rings. The van der Waals surface area contributed by atoms with Gasteiger partial charge in [0.1, 0.15) is 0 Å². The van der Waals surface area contributed by atoms with E-state index < -0.39 is 0 Å². The molecular formula is C19H22N4O2. The van der Waals surface area contributed by atoms with E-state index in [4.69, 9.17) is 0 Å². The van der Waals surface area contributed by atoms with Gasteiger partial charge in [0.05, 0.1) is 30.9 Å². The summed E-state index contributed by atoms with van der Waals surface area (Å²) < 4.78 is 2.05. The highest BCUT2D eigenvalue weighted by Crippen LogP contribution is 2.39. The van der Waals surface area contributed by atoms with Crippen molar-refractivity contribution >= 4 is 17.5 Å². The Morgan fingerprint density at radius 3 is 2.84 bits per heavy atom. The molecule has 130 valence electrons. The van der Waals surface area contributed by atoms with Crippen LogP contribution < -0.4 is 5.32 Å². The summed E-state index contributed by atoms with van der Waals surface area (Å²) in [6.07, 6.45) is 2.82. The molecule has 0 radical (unpaired) electrons. The molecule has 2 aliphatic rings. The first-order valence-electron chi connectivity index (χ1n) is 8.79. The first kappa shape index (κ1) is 15.9. The number of amides is 2. The standard InChI is InChI=1S/C19H22N4O2/c1-13(24)20-16-4-2-3-14(9-16)10-19(25)22-7-8-23-17(12-22)11-18(21-23)15-5-6-15/h2-4,9,11,15H,5-8,10,12H2,1H3,(H,20,24). The molecule has 0 spiro atoms. The highest BCUT2D eigenvalue weighted by Gasteiger charge is 2.29. The third kappa shape index (κ3) is 3.57. The zero-order valence-corrected chi connectivity index (χ0v) is 14.4. The van der Waals surface area contributed by atoms with E-state index in [9.17, 15) is 9.59 Å². The van der Waals surface area contributed by atoms with E-state index in [2.05, 4.69) is 21.2 Å². The van der Waals surface area contributed by atoms with Gasteiger partial charge in [0, 0.05) is 25.1 Å². The van der Waals surface area contributed by atoms with Crippen LogP contribution in [0.5, 0.6) is 0 Å². The van der Waals surface area contributed by atoms with Crippen molar-refractivity contribution in [3.05, 3.63) is 47.3 Å². The molecule has 1 fully saturated rings. The van der Waals surface area contributed by atoms with E-state index >= 15 is 0 Å². The van der Waals surface area contributed by atoms with Gasteiger partial charge in [-0.05, 0) is 36.6 Å². The van der Waals surface area contributed by atoms with Crippen LogP contribution in [-0.4, -0.2) is 33.0 Å². The van der Waals surface area contributed by atoms with Crippen molar-refractivity contribution < 1.29 is 9.59 Å². The lowest BCUT2D eigenvalue weighted by molar-refractivity contribution is -0.132. The van der Waals surface area contributed by atoms with Gasteiger partial charge in [-0.15, -0.1) is 0 Å². The average Bonchev–Trinajstić information content (AvgIpc) is 3.33. The van der Waals surface area contributed by atoms with E-state index in [0.717, 1.165) is 23.5 Å². The van der Waals surface area contributed by atoms with Gasteiger partial charge >= 0.3 is 0 Å². The van der Waals surface area contributed by atoms with Crippen molar-refractivity contribution in [3.63, 3.8) is 0 Å². The zero-order chi connectivity index (χ0) is 17.4. The maximum Gasteiger partial charge on any atom is 0.227 e. The Morgan fingerprint density at radius 1 is 1.24 bits per heavy atom. The maximum atomic E-state index is 12.7. The van der Waals surface area contributed by atoms with Crippen LogP contribution in [0.2, 0.25) is 0 Å². The van der Waals surface area contributed by atoms with Gasteiger partial charge in [0.15, 0.2) is 0 Å². The molecule has 1 saturated carbocycles. The summed E-state index contributed by atoms with van der Waals surface area (Å²) in [4.78, 5) is 25.7. The molecule has 25 heavy (non-hydrogen) atoms. The van der Waals surface area contributed by atoms with Crippen molar-refractivity contribution in [1.82, 2.24) is 14.7 Å². The first-order valence-corrected chi connectivity index (χ1v) is 8.79. The van der Waals surface area contributed by atoms with Crippen LogP contribution in [0.3, 0.4) is 0 Å². The number of aromatic nitrogens is 2. The van der Waals surface area contributed by atoms with Crippen molar-refractivity contribution in [2.24, 2.45) is 0 Å². The Morgan fingerprint density at radius 2 is 2.08 bits per heavy atom. The lowest BCUT2D eigenvalue weighted by Gasteiger charge is -2.27. The second kappa shape index (κ2) is 6.35. The Balaban J connectivity index is 1.42. The fourth-order valence-electron chi connectivity index (χ4n) is 3.33. The minimum absolute atomic E-state index is 0.111. The molecular weight excluding hydrogens is 316 g/mol. The molecule has 6 nitrogen and oxygen atoms in total.